The van der Waals surface area contributed by atoms with E-state index in [0.717, 1.165) is 95.1 Å². The van der Waals surface area contributed by atoms with Crippen LogP contribution >= 0.6 is 0 Å². The maximum atomic E-state index is 6.47. The van der Waals surface area contributed by atoms with Crippen LogP contribution in [-0.4, -0.2) is 9.13 Å². The van der Waals surface area contributed by atoms with E-state index in [1.165, 1.54) is 49.0 Å². The number of fused-ring (bicyclic) bond motifs is 11. The molecule has 16 rings (SSSR count). The summed E-state index contributed by atoms with van der Waals surface area (Å²) in [5.41, 5.74) is 19.4. The van der Waals surface area contributed by atoms with Crippen LogP contribution < -0.4 is 9.80 Å². The van der Waals surface area contributed by atoms with Crippen molar-refractivity contribution in [2.45, 2.75) is 0 Å². The van der Waals surface area contributed by atoms with Crippen molar-refractivity contribution in [2.75, 3.05) is 9.80 Å². The van der Waals surface area contributed by atoms with Crippen LogP contribution in [0.5, 0.6) is 0 Å². The molecule has 0 aliphatic rings. The molecule has 0 saturated carbocycles. The fraction of sp³-hybridized carbons (Fsp3) is 0. The molecule has 5 nitrogen and oxygen atoms in total. The molecule has 0 amide bonds. The van der Waals surface area contributed by atoms with E-state index in [1.54, 1.807) is 0 Å². The van der Waals surface area contributed by atoms with Crippen LogP contribution in [0.1, 0.15) is 0 Å². The third-order valence-corrected chi connectivity index (χ3v) is 16.2. The first kappa shape index (κ1) is 46.2. The summed E-state index contributed by atoms with van der Waals surface area (Å²) in [4.78, 5) is 4.82. The highest BCUT2D eigenvalue weighted by Gasteiger charge is 2.23. The lowest BCUT2D eigenvalue weighted by Crippen LogP contribution is -2.13. The molecule has 0 aliphatic carbocycles. The zero-order valence-corrected chi connectivity index (χ0v) is 44.1. The lowest BCUT2D eigenvalue weighted by atomic mass is 9.98. The molecule has 0 spiro atoms. The highest BCUT2D eigenvalue weighted by atomic mass is 16.3. The van der Waals surface area contributed by atoms with E-state index in [2.05, 4.69) is 316 Å². The summed E-state index contributed by atoms with van der Waals surface area (Å²) in [5, 5.41) is 9.33. The summed E-state index contributed by atoms with van der Waals surface area (Å²) >= 11 is 0. The van der Waals surface area contributed by atoms with Gasteiger partial charge in [0.2, 0.25) is 0 Å². The van der Waals surface area contributed by atoms with Crippen molar-refractivity contribution in [2.24, 2.45) is 0 Å². The Bertz CT molecular complexity index is 5030. The van der Waals surface area contributed by atoms with Crippen molar-refractivity contribution in [3.05, 3.63) is 303 Å². The summed E-state index contributed by atoms with van der Waals surface area (Å²) in [6.45, 7) is 0. The van der Waals surface area contributed by atoms with Crippen molar-refractivity contribution >= 4 is 110 Å². The van der Waals surface area contributed by atoms with Crippen LogP contribution in [0.3, 0.4) is 0 Å². The second-order valence-corrected chi connectivity index (χ2v) is 20.9. The highest BCUT2D eigenvalue weighted by Crippen LogP contribution is 2.47. The Kier molecular flexibility index (Phi) is 10.8. The fourth-order valence-electron chi connectivity index (χ4n) is 12.6. The third-order valence-electron chi connectivity index (χ3n) is 16.2. The quantitative estimate of drug-likeness (QED) is 0.137. The largest absolute Gasteiger partial charge is 0.456 e. The van der Waals surface area contributed by atoms with Gasteiger partial charge in [0.05, 0.1) is 22.1 Å². The molecule has 380 valence electrons. The topological polar surface area (TPSA) is 29.5 Å². The molecule has 81 heavy (non-hydrogen) atoms. The van der Waals surface area contributed by atoms with Gasteiger partial charge in [-0.15, -0.1) is 0 Å². The molecule has 0 radical (unpaired) electrons. The van der Waals surface area contributed by atoms with E-state index in [1.807, 2.05) is 6.07 Å². The summed E-state index contributed by atoms with van der Waals surface area (Å²) in [6, 6.07) is 110. The van der Waals surface area contributed by atoms with Crippen molar-refractivity contribution in [3.8, 4) is 33.6 Å². The Morgan fingerprint density at radius 1 is 0.235 bits per heavy atom. The molecule has 0 aliphatic heterocycles. The smallest absolute Gasteiger partial charge is 0.136 e. The number of hydrogen-bond donors (Lipinski definition) is 0. The molecule has 0 atom stereocenters. The molecule has 3 aromatic heterocycles. The number of hydrogen-bond acceptors (Lipinski definition) is 3. The zero-order valence-electron chi connectivity index (χ0n) is 44.1. The van der Waals surface area contributed by atoms with E-state index in [-0.39, 0.29) is 0 Å². The molecule has 0 bridgehead atoms. The van der Waals surface area contributed by atoms with Gasteiger partial charge in [-0.1, -0.05) is 164 Å². The first-order chi connectivity index (χ1) is 40.2. The minimum atomic E-state index is 0.890. The Balaban J connectivity index is 0.956. The van der Waals surface area contributed by atoms with E-state index < -0.39 is 0 Å². The number of rotatable bonds is 10. The number of aromatic nitrogens is 2. The lowest BCUT2D eigenvalue weighted by molar-refractivity contribution is 0.669. The molecule has 0 saturated heterocycles. The monoisotopic (exact) mass is 1030 g/mol. The summed E-state index contributed by atoms with van der Waals surface area (Å²) in [6.07, 6.45) is 0. The molecule has 3 heterocycles. The van der Waals surface area contributed by atoms with Crippen molar-refractivity contribution in [1.82, 2.24) is 9.13 Å². The second kappa shape index (κ2) is 18.9. The van der Waals surface area contributed by atoms with Gasteiger partial charge >= 0.3 is 0 Å². The molecule has 0 fully saturated rings. The summed E-state index contributed by atoms with van der Waals surface area (Å²) in [5.74, 6) is 0. The molecular weight excluding hydrogens is 985 g/mol. The van der Waals surface area contributed by atoms with Gasteiger partial charge in [-0.2, -0.15) is 0 Å². The molecule has 5 heteroatoms. The van der Waals surface area contributed by atoms with Crippen LogP contribution in [-0.2, 0) is 0 Å². The Morgan fingerprint density at radius 2 is 0.716 bits per heavy atom. The van der Waals surface area contributed by atoms with Crippen LogP contribution in [0.2, 0.25) is 0 Å². The Hall–Kier alpha value is -10.9. The van der Waals surface area contributed by atoms with Crippen LogP contribution in [0.15, 0.2) is 308 Å². The van der Waals surface area contributed by atoms with Gasteiger partial charge in [-0.3, -0.25) is 0 Å². The Morgan fingerprint density at radius 3 is 1.40 bits per heavy atom. The molecule has 0 unspecified atom stereocenters. The van der Waals surface area contributed by atoms with Gasteiger partial charge in [0.25, 0.3) is 0 Å². The van der Waals surface area contributed by atoms with Gasteiger partial charge < -0.3 is 23.4 Å². The van der Waals surface area contributed by atoms with E-state index >= 15 is 0 Å². The van der Waals surface area contributed by atoms with Crippen molar-refractivity contribution in [3.63, 3.8) is 0 Å². The average Bonchev–Trinajstić information content (AvgIpc) is 4.27. The second-order valence-electron chi connectivity index (χ2n) is 20.9. The minimum Gasteiger partial charge on any atom is -0.456 e. The number of para-hydroxylation sites is 6. The standard InChI is InChI=1S/C76H50N4O/c1-6-20-51(21-7-1)52-34-38-60(39-35-52)77(56-22-8-2-9-23-56)62-44-55(45-63(48-62)78(57-24-10-3-11-25-57)61-40-42-72-68(49-61)64-30-16-18-32-70(64)79(72)58-26-12-4-13-27-58)53-36-41-71-67(46-53)69-50-66-54(47-73(69)80(71)59-28-14-5-15-29-59)37-43-75-76(66)65-31-17-19-33-74(65)81-75/h1-50H. The third kappa shape index (κ3) is 7.78. The first-order valence-electron chi connectivity index (χ1n) is 27.6. The van der Waals surface area contributed by atoms with Gasteiger partial charge in [0, 0.05) is 77.8 Å². The predicted octanol–water partition coefficient (Wildman–Crippen LogP) is 21.2. The van der Waals surface area contributed by atoms with E-state index in [0.29, 0.717) is 0 Å². The van der Waals surface area contributed by atoms with Gasteiger partial charge in [0.1, 0.15) is 11.2 Å². The number of anilines is 6. The average molecular weight is 1040 g/mol. The van der Waals surface area contributed by atoms with Gasteiger partial charge in [-0.05, 0) is 173 Å². The van der Waals surface area contributed by atoms with Crippen molar-refractivity contribution in [1.29, 1.82) is 0 Å². The maximum Gasteiger partial charge on any atom is 0.136 e. The molecule has 16 aromatic rings. The van der Waals surface area contributed by atoms with Crippen LogP contribution in [0.4, 0.5) is 34.1 Å². The Labute approximate surface area is 468 Å². The van der Waals surface area contributed by atoms with E-state index in [9.17, 15) is 0 Å². The van der Waals surface area contributed by atoms with Crippen LogP contribution in [0, 0.1) is 0 Å². The van der Waals surface area contributed by atoms with Crippen LogP contribution in [0.25, 0.3) is 110 Å². The molecule has 13 aromatic carbocycles. The fourth-order valence-corrected chi connectivity index (χ4v) is 12.6. The maximum absolute atomic E-state index is 6.47. The molecule has 0 N–H and O–H groups in total. The normalized spacial score (nSPS) is 11.7. The van der Waals surface area contributed by atoms with Gasteiger partial charge in [-0.25, -0.2) is 0 Å². The predicted molar refractivity (Wildman–Crippen MR) is 340 cm³/mol. The summed E-state index contributed by atoms with van der Waals surface area (Å²) in [7, 11) is 0. The molecular formula is C76H50N4O. The SMILES string of the molecule is c1ccc(-c2ccc(N(c3ccccc3)c3cc(-c4ccc5c(c4)c4cc6c(ccc7oc8ccccc8c76)cc4n5-c4ccccc4)cc(N(c4ccccc4)c4ccc5c(c4)c4ccccc4n5-c4ccccc4)c3)cc2)cc1. The number of furan rings is 1. The van der Waals surface area contributed by atoms with Gasteiger partial charge in [0.15, 0.2) is 0 Å². The zero-order chi connectivity index (χ0) is 53.4. The highest BCUT2D eigenvalue weighted by molar-refractivity contribution is 6.24. The van der Waals surface area contributed by atoms with E-state index in [4.69, 9.17) is 4.42 Å². The summed E-state index contributed by atoms with van der Waals surface area (Å²) < 4.78 is 11.3. The van der Waals surface area contributed by atoms with Crippen molar-refractivity contribution < 1.29 is 4.42 Å². The minimum absolute atomic E-state index is 0.890. The number of benzene rings is 13. The number of nitrogens with zero attached hydrogens (tertiary/aromatic N) is 4. The lowest BCUT2D eigenvalue weighted by Gasteiger charge is -2.30. The first-order valence-corrected chi connectivity index (χ1v) is 27.6.